The summed E-state index contributed by atoms with van der Waals surface area (Å²) in [4.78, 5) is 30.1. The maximum Gasteiger partial charge on any atom is 0.295 e. The lowest BCUT2D eigenvalue weighted by molar-refractivity contribution is -0.141. The predicted octanol–water partition coefficient (Wildman–Crippen LogP) is 4.78. The van der Waals surface area contributed by atoms with Crippen molar-refractivity contribution >= 4 is 34.7 Å². The van der Waals surface area contributed by atoms with E-state index in [4.69, 9.17) is 16.3 Å². The summed E-state index contributed by atoms with van der Waals surface area (Å²) in [6, 6.07) is 11.8. The molecule has 4 rings (SSSR count). The van der Waals surface area contributed by atoms with Gasteiger partial charge in [-0.05, 0) is 48.7 Å². The smallest absolute Gasteiger partial charge is 0.295 e. The van der Waals surface area contributed by atoms with Gasteiger partial charge in [-0.2, -0.15) is 0 Å². The fraction of sp³-hybridized carbons (Fsp3) is 0.360. The van der Waals surface area contributed by atoms with Gasteiger partial charge in [-0.1, -0.05) is 36.6 Å². The lowest BCUT2D eigenvalue weighted by Gasteiger charge is -2.31. The van der Waals surface area contributed by atoms with E-state index in [1.54, 1.807) is 23.1 Å². The van der Waals surface area contributed by atoms with Crippen LogP contribution >= 0.6 is 11.6 Å². The monoisotopic (exact) mass is 454 g/mol. The Morgan fingerprint density at radius 1 is 1.09 bits per heavy atom. The summed E-state index contributed by atoms with van der Waals surface area (Å²) in [6.07, 6.45) is 3.73. The number of likely N-dealkylation sites (tertiary alicyclic amines) is 1. The van der Waals surface area contributed by atoms with E-state index in [0.717, 1.165) is 36.9 Å². The zero-order valence-electron chi connectivity index (χ0n) is 18.5. The molecule has 6 nitrogen and oxygen atoms in total. The summed E-state index contributed by atoms with van der Waals surface area (Å²) in [5.74, 6) is -1.15. The SMILES string of the molecule is COc1ccc(Cl)cc1/C(O)=C1\C(=O)C(=O)N(C2CCCC2)C1c1ccc(N(C)C)cc1. The molecule has 1 aliphatic carbocycles. The van der Waals surface area contributed by atoms with E-state index < -0.39 is 17.7 Å². The van der Waals surface area contributed by atoms with Gasteiger partial charge in [0.15, 0.2) is 0 Å². The highest BCUT2D eigenvalue weighted by Gasteiger charge is 2.49. The first kappa shape index (κ1) is 22.2. The minimum atomic E-state index is -0.682. The van der Waals surface area contributed by atoms with E-state index in [9.17, 15) is 14.7 Å². The molecule has 1 saturated heterocycles. The van der Waals surface area contributed by atoms with E-state index in [1.165, 1.54) is 7.11 Å². The number of hydrogen-bond acceptors (Lipinski definition) is 5. The summed E-state index contributed by atoms with van der Waals surface area (Å²) < 4.78 is 5.38. The Morgan fingerprint density at radius 3 is 2.34 bits per heavy atom. The number of ketones is 1. The topological polar surface area (TPSA) is 70.1 Å². The number of halogens is 1. The Kier molecular flexibility index (Phi) is 6.15. The number of carbonyl (C=O) groups is 2. The van der Waals surface area contributed by atoms with Crippen molar-refractivity contribution in [2.75, 3.05) is 26.1 Å². The summed E-state index contributed by atoms with van der Waals surface area (Å²) in [6.45, 7) is 0. The van der Waals surface area contributed by atoms with Crippen LogP contribution in [0.2, 0.25) is 5.02 Å². The Bertz CT molecular complexity index is 1070. The number of anilines is 1. The molecule has 0 bridgehead atoms. The van der Waals surface area contributed by atoms with Crippen LogP contribution in [0.15, 0.2) is 48.0 Å². The summed E-state index contributed by atoms with van der Waals surface area (Å²) in [5, 5.41) is 11.7. The summed E-state index contributed by atoms with van der Waals surface area (Å²) >= 11 is 6.17. The van der Waals surface area contributed by atoms with Gasteiger partial charge in [-0.3, -0.25) is 9.59 Å². The number of nitrogens with zero attached hydrogens (tertiary/aromatic N) is 2. The fourth-order valence-electron chi connectivity index (χ4n) is 4.70. The average Bonchev–Trinajstić information content (AvgIpc) is 3.40. The van der Waals surface area contributed by atoms with Gasteiger partial charge < -0.3 is 19.6 Å². The van der Waals surface area contributed by atoms with Gasteiger partial charge in [0.1, 0.15) is 11.5 Å². The summed E-state index contributed by atoms with van der Waals surface area (Å²) in [5.41, 5.74) is 2.15. The Labute approximate surface area is 193 Å². The molecular weight excluding hydrogens is 428 g/mol. The number of Topliss-reactive ketones (excluding diaryl/α,β-unsaturated/α-hetero) is 1. The minimum Gasteiger partial charge on any atom is -0.507 e. The molecule has 1 atom stereocenters. The first-order chi connectivity index (χ1) is 15.3. The van der Waals surface area contributed by atoms with Crippen molar-refractivity contribution in [3.05, 3.63) is 64.2 Å². The maximum absolute atomic E-state index is 13.2. The number of aliphatic hydroxyl groups is 1. The molecular formula is C25H27ClN2O4. The molecule has 2 fully saturated rings. The van der Waals surface area contributed by atoms with Crippen LogP contribution in [0.5, 0.6) is 5.75 Å². The molecule has 1 heterocycles. The highest BCUT2D eigenvalue weighted by Crippen LogP contribution is 2.44. The van der Waals surface area contributed by atoms with Crippen LogP contribution in [0.25, 0.3) is 5.76 Å². The normalized spacial score (nSPS) is 20.8. The van der Waals surface area contributed by atoms with Crippen LogP contribution in [-0.2, 0) is 9.59 Å². The van der Waals surface area contributed by atoms with Gasteiger partial charge in [0.25, 0.3) is 11.7 Å². The lowest BCUT2D eigenvalue weighted by atomic mass is 9.94. The average molecular weight is 455 g/mol. The van der Waals surface area contributed by atoms with E-state index in [2.05, 4.69) is 0 Å². The van der Waals surface area contributed by atoms with Gasteiger partial charge in [-0.15, -0.1) is 0 Å². The third kappa shape index (κ3) is 3.84. The molecule has 1 aliphatic heterocycles. The van der Waals surface area contributed by atoms with Crippen molar-refractivity contribution in [2.45, 2.75) is 37.8 Å². The molecule has 1 saturated carbocycles. The van der Waals surface area contributed by atoms with E-state index in [-0.39, 0.29) is 17.4 Å². The largest absolute Gasteiger partial charge is 0.507 e. The van der Waals surface area contributed by atoms with Crippen molar-refractivity contribution in [3.8, 4) is 5.75 Å². The van der Waals surface area contributed by atoms with Crippen molar-refractivity contribution in [1.29, 1.82) is 0 Å². The summed E-state index contributed by atoms with van der Waals surface area (Å²) in [7, 11) is 5.38. The second-order valence-corrected chi connectivity index (χ2v) is 8.91. The van der Waals surface area contributed by atoms with E-state index >= 15 is 0 Å². The first-order valence-corrected chi connectivity index (χ1v) is 11.1. The van der Waals surface area contributed by atoms with Crippen LogP contribution < -0.4 is 9.64 Å². The highest BCUT2D eigenvalue weighted by molar-refractivity contribution is 6.46. The maximum atomic E-state index is 13.2. The molecule has 1 unspecified atom stereocenters. The molecule has 7 heteroatoms. The lowest BCUT2D eigenvalue weighted by Crippen LogP contribution is -2.37. The number of rotatable bonds is 5. The van der Waals surface area contributed by atoms with E-state index in [1.807, 2.05) is 43.3 Å². The van der Waals surface area contributed by atoms with Crippen LogP contribution in [0, 0.1) is 0 Å². The number of hydrogen-bond donors (Lipinski definition) is 1. The zero-order chi connectivity index (χ0) is 23.0. The van der Waals surface area contributed by atoms with Crippen molar-refractivity contribution < 1.29 is 19.4 Å². The van der Waals surface area contributed by atoms with Crippen LogP contribution in [0.1, 0.15) is 42.9 Å². The number of carbonyl (C=O) groups excluding carboxylic acids is 2. The molecule has 2 aliphatic rings. The van der Waals surface area contributed by atoms with E-state index in [0.29, 0.717) is 16.3 Å². The van der Waals surface area contributed by atoms with Crippen LogP contribution in [0.3, 0.4) is 0 Å². The van der Waals surface area contributed by atoms with Gasteiger partial charge in [0.2, 0.25) is 0 Å². The Balaban J connectivity index is 1.90. The molecule has 1 N–H and O–H groups in total. The predicted molar refractivity (Wildman–Crippen MR) is 125 cm³/mol. The standard InChI is InChI=1S/C25H27ClN2O4/c1-27(2)17-11-8-15(9-12-17)22-21(23(29)19-14-16(26)10-13-20(19)32-3)24(30)25(31)28(22)18-6-4-5-7-18/h8-14,18,22,29H,4-7H2,1-3H3/b23-21+. The first-order valence-electron chi connectivity index (χ1n) is 10.7. The second kappa shape index (κ2) is 8.87. The molecule has 2 aromatic carbocycles. The second-order valence-electron chi connectivity index (χ2n) is 8.48. The van der Waals surface area contributed by atoms with Crippen molar-refractivity contribution in [1.82, 2.24) is 4.90 Å². The number of amides is 1. The highest BCUT2D eigenvalue weighted by atomic mass is 35.5. The number of benzene rings is 2. The van der Waals surface area contributed by atoms with Gasteiger partial charge in [0.05, 0.1) is 24.3 Å². The van der Waals surface area contributed by atoms with Gasteiger partial charge in [-0.25, -0.2) is 0 Å². The number of ether oxygens (including phenoxy) is 1. The Hall–Kier alpha value is -2.99. The molecule has 168 valence electrons. The fourth-order valence-corrected chi connectivity index (χ4v) is 4.87. The third-order valence-electron chi connectivity index (χ3n) is 6.34. The molecule has 32 heavy (non-hydrogen) atoms. The molecule has 0 aromatic heterocycles. The van der Waals surface area contributed by atoms with Gasteiger partial charge >= 0.3 is 0 Å². The van der Waals surface area contributed by atoms with Crippen molar-refractivity contribution in [2.24, 2.45) is 0 Å². The molecule has 0 spiro atoms. The quantitative estimate of drug-likeness (QED) is 0.400. The molecule has 0 radical (unpaired) electrons. The number of aliphatic hydroxyl groups excluding tert-OH is 1. The molecule has 1 amide bonds. The minimum absolute atomic E-state index is 0.0310. The third-order valence-corrected chi connectivity index (χ3v) is 6.58. The Morgan fingerprint density at radius 2 is 1.75 bits per heavy atom. The van der Waals surface area contributed by atoms with Crippen LogP contribution in [-0.4, -0.2) is 48.9 Å². The van der Waals surface area contributed by atoms with Crippen molar-refractivity contribution in [3.63, 3.8) is 0 Å². The number of methoxy groups -OCH3 is 1. The van der Waals surface area contributed by atoms with Gasteiger partial charge in [0, 0.05) is 30.8 Å². The molecule has 2 aromatic rings. The van der Waals surface area contributed by atoms with Crippen LogP contribution in [0.4, 0.5) is 5.69 Å². The zero-order valence-corrected chi connectivity index (χ0v) is 19.2.